The highest BCUT2D eigenvalue weighted by Crippen LogP contribution is 2.29. The van der Waals surface area contributed by atoms with Gasteiger partial charge in [-0.1, -0.05) is 30.3 Å². The number of hydrazone groups is 1. The van der Waals surface area contributed by atoms with E-state index in [0.29, 0.717) is 41.7 Å². The van der Waals surface area contributed by atoms with Crippen molar-refractivity contribution in [3.63, 3.8) is 0 Å². The Labute approximate surface area is 192 Å². The lowest BCUT2D eigenvalue weighted by atomic mass is 10.2. The summed E-state index contributed by atoms with van der Waals surface area (Å²) in [7, 11) is 1.54. The van der Waals surface area contributed by atoms with Gasteiger partial charge in [0.15, 0.2) is 11.5 Å². The summed E-state index contributed by atoms with van der Waals surface area (Å²) in [5.74, 6) is 0.0681. The van der Waals surface area contributed by atoms with Crippen molar-refractivity contribution in [1.82, 2.24) is 5.43 Å². The molecule has 3 rings (SSSR count). The lowest BCUT2D eigenvalue weighted by Gasteiger charge is -2.12. The van der Waals surface area contributed by atoms with Crippen molar-refractivity contribution < 1.29 is 23.8 Å². The molecule has 8 heteroatoms. The van der Waals surface area contributed by atoms with Gasteiger partial charge < -0.3 is 19.5 Å². The van der Waals surface area contributed by atoms with Gasteiger partial charge >= 0.3 is 11.8 Å². The molecule has 2 amide bonds. The van der Waals surface area contributed by atoms with Crippen molar-refractivity contribution in [3.8, 4) is 17.2 Å². The molecule has 0 saturated heterocycles. The Hall–Kier alpha value is -4.33. The second-order valence-corrected chi connectivity index (χ2v) is 6.80. The van der Waals surface area contributed by atoms with Crippen LogP contribution < -0.4 is 25.0 Å². The molecule has 170 valence electrons. The second-order valence-electron chi connectivity index (χ2n) is 6.80. The third-order valence-corrected chi connectivity index (χ3v) is 4.44. The number of ether oxygens (including phenoxy) is 3. The molecule has 33 heavy (non-hydrogen) atoms. The summed E-state index contributed by atoms with van der Waals surface area (Å²) in [6, 6.07) is 21.7. The minimum atomic E-state index is -0.894. The largest absolute Gasteiger partial charge is 0.497 e. The maximum atomic E-state index is 12.0. The van der Waals surface area contributed by atoms with Gasteiger partial charge in [-0.05, 0) is 60.5 Å². The summed E-state index contributed by atoms with van der Waals surface area (Å²) in [6.45, 7) is 2.75. The zero-order valence-electron chi connectivity index (χ0n) is 18.4. The predicted molar refractivity (Wildman–Crippen MR) is 126 cm³/mol. The molecule has 0 spiro atoms. The van der Waals surface area contributed by atoms with Crippen molar-refractivity contribution in [2.24, 2.45) is 5.10 Å². The number of rotatable bonds is 9. The molecule has 0 bridgehead atoms. The van der Waals surface area contributed by atoms with E-state index in [2.05, 4.69) is 15.8 Å². The summed E-state index contributed by atoms with van der Waals surface area (Å²) >= 11 is 0. The van der Waals surface area contributed by atoms with Gasteiger partial charge in [-0.15, -0.1) is 0 Å². The topological polar surface area (TPSA) is 98.2 Å². The lowest BCUT2D eigenvalue weighted by Crippen LogP contribution is -2.32. The first-order chi connectivity index (χ1) is 16.1. The van der Waals surface area contributed by atoms with Gasteiger partial charge in [-0.2, -0.15) is 5.10 Å². The fourth-order valence-corrected chi connectivity index (χ4v) is 2.81. The minimum Gasteiger partial charge on any atom is -0.497 e. The van der Waals surface area contributed by atoms with E-state index < -0.39 is 11.8 Å². The number of benzene rings is 3. The molecule has 0 aliphatic carbocycles. The number of carbonyl (C=O) groups is 2. The van der Waals surface area contributed by atoms with Crippen molar-refractivity contribution in [1.29, 1.82) is 0 Å². The van der Waals surface area contributed by atoms with Crippen LogP contribution in [0.1, 0.15) is 18.1 Å². The quantitative estimate of drug-likeness (QED) is 0.296. The van der Waals surface area contributed by atoms with Crippen LogP contribution >= 0.6 is 0 Å². The summed E-state index contributed by atoms with van der Waals surface area (Å²) < 4.78 is 16.6. The smallest absolute Gasteiger partial charge is 0.329 e. The molecule has 8 nitrogen and oxygen atoms in total. The van der Waals surface area contributed by atoms with Crippen molar-refractivity contribution in [3.05, 3.63) is 83.9 Å². The third-order valence-electron chi connectivity index (χ3n) is 4.44. The molecule has 0 radical (unpaired) electrons. The first kappa shape index (κ1) is 23.3. The molecule has 0 fully saturated rings. The first-order valence-electron chi connectivity index (χ1n) is 10.3. The lowest BCUT2D eigenvalue weighted by molar-refractivity contribution is -0.136. The van der Waals surface area contributed by atoms with Crippen LogP contribution in [0.2, 0.25) is 0 Å². The normalized spacial score (nSPS) is 10.5. The number of nitrogens with one attached hydrogen (secondary N) is 2. The molecule has 3 aromatic carbocycles. The minimum absolute atomic E-state index is 0.410. The fourth-order valence-electron chi connectivity index (χ4n) is 2.81. The maximum absolute atomic E-state index is 12.0. The average molecular weight is 447 g/mol. The molecular formula is C25H25N3O5. The van der Waals surface area contributed by atoms with Crippen molar-refractivity contribution >= 4 is 23.7 Å². The summed E-state index contributed by atoms with van der Waals surface area (Å²) in [5, 5.41) is 6.34. The van der Waals surface area contributed by atoms with Crippen LogP contribution in [0, 0.1) is 0 Å². The third kappa shape index (κ3) is 7.10. The molecule has 0 unspecified atom stereocenters. The van der Waals surface area contributed by atoms with Crippen LogP contribution in [0.4, 0.5) is 5.69 Å². The van der Waals surface area contributed by atoms with E-state index >= 15 is 0 Å². The summed E-state index contributed by atoms with van der Waals surface area (Å²) in [4.78, 5) is 24.0. The van der Waals surface area contributed by atoms with E-state index in [1.165, 1.54) is 6.21 Å². The number of hydrogen-bond acceptors (Lipinski definition) is 6. The van der Waals surface area contributed by atoms with Gasteiger partial charge in [0.2, 0.25) is 0 Å². The fraction of sp³-hybridized carbons (Fsp3) is 0.160. The van der Waals surface area contributed by atoms with Gasteiger partial charge in [0.25, 0.3) is 0 Å². The van der Waals surface area contributed by atoms with Gasteiger partial charge in [0.05, 0.1) is 19.9 Å². The van der Waals surface area contributed by atoms with Gasteiger partial charge in [-0.3, -0.25) is 9.59 Å². The van der Waals surface area contributed by atoms with Crippen LogP contribution in [0.15, 0.2) is 77.9 Å². The summed E-state index contributed by atoms with van der Waals surface area (Å²) in [5.41, 5.74) is 4.38. The molecule has 0 aliphatic rings. The van der Waals surface area contributed by atoms with E-state index in [1.54, 1.807) is 49.6 Å². The zero-order chi connectivity index (χ0) is 23.5. The Morgan fingerprint density at radius 3 is 2.36 bits per heavy atom. The molecule has 0 atom stereocenters. The molecular weight excluding hydrogens is 422 g/mol. The van der Waals surface area contributed by atoms with E-state index in [9.17, 15) is 9.59 Å². The average Bonchev–Trinajstić information content (AvgIpc) is 2.84. The Morgan fingerprint density at radius 2 is 1.67 bits per heavy atom. The highest BCUT2D eigenvalue weighted by molar-refractivity contribution is 6.39. The Bertz CT molecular complexity index is 1100. The second kappa shape index (κ2) is 11.9. The van der Waals surface area contributed by atoms with Crippen LogP contribution in [-0.4, -0.2) is 31.7 Å². The number of hydrogen-bond donors (Lipinski definition) is 2. The van der Waals surface area contributed by atoms with Crippen LogP contribution in [-0.2, 0) is 16.2 Å². The molecule has 2 N–H and O–H groups in total. The van der Waals surface area contributed by atoms with Crippen molar-refractivity contribution in [2.75, 3.05) is 19.0 Å². The van der Waals surface area contributed by atoms with Gasteiger partial charge in [0, 0.05) is 5.69 Å². The number of nitrogens with zero attached hydrogens (tertiary/aromatic N) is 1. The molecule has 0 heterocycles. The predicted octanol–water partition coefficient (Wildman–Crippen LogP) is 3.76. The van der Waals surface area contributed by atoms with Crippen LogP contribution in [0.25, 0.3) is 0 Å². The molecule has 0 aliphatic heterocycles. The molecule has 3 aromatic rings. The Kier molecular flexibility index (Phi) is 8.41. The number of anilines is 1. The van der Waals surface area contributed by atoms with E-state index in [4.69, 9.17) is 14.2 Å². The monoisotopic (exact) mass is 447 g/mol. The maximum Gasteiger partial charge on any atom is 0.329 e. The highest BCUT2D eigenvalue weighted by atomic mass is 16.5. The van der Waals surface area contributed by atoms with Crippen LogP contribution in [0.3, 0.4) is 0 Å². The van der Waals surface area contributed by atoms with Crippen molar-refractivity contribution in [2.45, 2.75) is 13.5 Å². The zero-order valence-corrected chi connectivity index (χ0v) is 18.4. The van der Waals surface area contributed by atoms with Crippen LogP contribution in [0.5, 0.6) is 17.2 Å². The van der Waals surface area contributed by atoms with E-state index in [0.717, 1.165) is 5.56 Å². The number of methoxy groups -OCH3 is 1. The standard InChI is InChI=1S/C25H25N3O5/c1-3-32-23-15-19(9-14-22(23)33-17-18-7-5-4-6-8-18)16-26-28-25(30)24(29)27-20-10-12-21(31-2)13-11-20/h4-16H,3,17H2,1-2H3,(H,27,29)(H,28,30)/b26-16+. The Morgan fingerprint density at radius 1 is 0.909 bits per heavy atom. The highest BCUT2D eigenvalue weighted by Gasteiger charge is 2.13. The van der Waals surface area contributed by atoms with E-state index in [-0.39, 0.29) is 0 Å². The van der Waals surface area contributed by atoms with E-state index in [1.807, 2.05) is 37.3 Å². The number of amides is 2. The molecule has 0 saturated carbocycles. The SMILES string of the molecule is CCOc1cc(/C=N/NC(=O)C(=O)Nc2ccc(OC)cc2)ccc1OCc1ccccc1. The van der Waals surface area contributed by atoms with Gasteiger partial charge in [0.1, 0.15) is 12.4 Å². The Balaban J connectivity index is 1.57. The number of carbonyl (C=O) groups excluding carboxylic acids is 2. The molecule has 0 aromatic heterocycles. The summed E-state index contributed by atoms with van der Waals surface area (Å²) in [6.07, 6.45) is 1.42. The van der Waals surface area contributed by atoms with Gasteiger partial charge in [-0.25, -0.2) is 5.43 Å². The first-order valence-corrected chi connectivity index (χ1v) is 10.3.